The molecule has 3 heterocycles. The Bertz CT molecular complexity index is 1000. The summed E-state index contributed by atoms with van der Waals surface area (Å²) in [5.41, 5.74) is 3.48. The Morgan fingerprint density at radius 2 is 1.83 bits per heavy atom. The molecule has 0 spiro atoms. The van der Waals surface area contributed by atoms with E-state index in [1.54, 1.807) is 0 Å². The number of nitrogens with one attached hydrogen (secondary N) is 2. The molecule has 158 valence electrons. The molecule has 30 heavy (non-hydrogen) atoms. The largest absolute Gasteiger partial charge is 0.344 e. The van der Waals surface area contributed by atoms with E-state index in [-0.39, 0.29) is 0 Å². The smallest absolute Gasteiger partial charge is 0.130 e. The van der Waals surface area contributed by atoms with E-state index in [1.165, 1.54) is 69.0 Å². The van der Waals surface area contributed by atoms with Crippen LogP contribution in [0.15, 0.2) is 48.9 Å². The van der Waals surface area contributed by atoms with Crippen LogP contribution in [0.25, 0.3) is 22.0 Å². The molecule has 1 saturated carbocycles. The van der Waals surface area contributed by atoms with Gasteiger partial charge in [0, 0.05) is 42.1 Å². The Labute approximate surface area is 179 Å². The van der Waals surface area contributed by atoms with E-state index in [0.29, 0.717) is 5.92 Å². The number of fused-ring (bicyclic) bond motifs is 1. The maximum atomic E-state index is 4.63. The average Bonchev–Trinajstić information content (AvgIpc) is 2.77. The highest BCUT2D eigenvalue weighted by Gasteiger charge is 2.27. The van der Waals surface area contributed by atoms with Gasteiger partial charge in [-0.25, -0.2) is 4.98 Å². The minimum Gasteiger partial charge on any atom is -0.344 e. The fourth-order valence-electron chi connectivity index (χ4n) is 5.23. The van der Waals surface area contributed by atoms with Crippen LogP contribution >= 0.6 is 0 Å². The van der Waals surface area contributed by atoms with Crippen LogP contribution < -0.4 is 5.32 Å². The van der Waals surface area contributed by atoms with Gasteiger partial charge < -0.3 is 10.2 Å². The van der Waals surface area contributed by atoms with E-state index in [1.807, 2.05) is 17.9 Å². The maximum absolute atomic E-state index is 4.63. The van der Waals surface area contributed by atoms with Gasteiger partial charge in [-0.15, -0.1) is 0 Å². The van der Waals surface area contributed by atoms with Crippen molar-refractivity contribution in [2.75, 3.05) is 18.4 Å². The Hall–Kier alpha value is -2.53. The van der Waals surface area contributed by atoms with Crippen molar-refractivity contribution in [3.8, 4) is 11.3 Å². The zero-order valence-corrected chi connectivity index (χ0v) is 18.0. The monoisotopic (exact) mass is 403 g/mol. The molecular weight excluding hydrogens is 370 g/mol. The number of hydrogen-bond donors (Lipinski definition) is 2. The topological polar surface area (TPSA) is 48.9 Å². The van der Waals surface area contributed by atoms with Crippen molar-refractivity contribution in [1.82, 2.24) is 19.7 Å². The SMILES string of the molecule is C=C(Nc1cc2cc(-c3cn(C)[nH]3)ccc2cn1)C1CCC(N2CCCCC2)CC1. The highest BCUT2D eigenvalue weighted by atomic mass is 15.3. The first-order valence-corrected chi connectivity index (χ1v) is 11.5. The van der Waals surface area contributed by atoms with Gasteiger partial charge in [0.1, 0.15) is 5.82 Å². The molecule has 5 rings (SSSR count). The summed E-state index contributed by atoms with van der Waals surface area (Å²) in [4.78, 5) is 7.37. The molecule has 2 fully saturated rings. The van der Waals surface area contributed by atoms with Gasteiger partial charge in [0.25, 0.3) is 0 Å². The van der Waals surface area contributed by atoms with Gasteiger partial charge in [-0.1, -0.05) is 25.1 Å². The van der Waals surface area contributed by atoms with Gasteiger partial charge in [0.2, 0.25) is 0 Å². The molecule has 5 heteroatoms. The number of aromatic nitrogens is 3. The second-order valence-electron chi connectivity index (χ2n) is 9.15. The van der Waals surface area contributed by atoms with Crippen LogP contribution in [-0.4, -0.2) is 38.8 Å². The summed E-state index contributed by atoms with van der Waals surface area (Å²) in [6.07, 6.45) is 13.3. The summed E-state index contributed by atoms with van der Waals surface area (Å²) < 4.78 is 1.96. The summed E-state index contributed by atoms with van der Waals surface area (Å²) in [5.74, 6) is 1.45. The summed E-state index contributed by atoms with van der Waals surface area (Å²) in [6, 6.07) is 9.44. The van der Waals surface area contributed by atoms with E-state index in [2.05, 4.69) is 57.3 Å². The molecule has 1 saturated heterocycles. The normalized spacial score (nSPS) is 23.0. The third-order valence-electron chi connectivity index (χ3n) is 7.04. The molecule has 1 aromatic carbocycles. The van der Waals surface area contributed by atoms with Gasteiger partial charge in [-0.05, 0) is 75.1 Å². The number of aromatic amines is 1. The number of piperidine rings is 1. The van der Waals surface area contributed by atoms with Crippen molar-refractivity contribution in [1.29, 1.82) is 0 Å². The molecule has 0 radical (unpaired) electrons. The summed E-state index contributed by atoms with van der Waals surface area (Å²) >= 11 is 0. The standard InChI is InChI=1S/C25H33N5/c1-18(19-8-10-23(11-9-19)30-12-4-3-5-13-30)27-25-15-22-14-20(24-17-29(2)28-24)6-7-21(22)16-26-25/h6-7,14-17,19,23,28H,1,3-5,8-13H2,2H3,(H,26,27). The predicted octanol–water partition coefficient (Wildman–Crippen LogP) is 5.54. The molecule has 2 N–H and O–H groups in total. The molecule has 2 aliphatic rings. The number of H-pyrrole nitrogens is 1. The molecule has 0 amide bonds. The predicted molar refractivity (Wildman–Crippen MR) is 124 cm³/mol. The van der Waals surface area contributed by atoms with Crippen molar-refractivity contribution < 1.29 is 0 Å². The number of likely N-dealkylation sites (tertiary alicyclic amines) is 1. The second kappa shape index (κ2) is 8.31. The third-order valence-corrected chi connectivity index (χ3v) is 7.04. The molecule has 3 aromatic rings. The van der Waals surface area contributed by atoms with Crippen LogP contribution in [0.2, 0.25) is 0 Å². The third kappa shape index (κ3) is 4.04. The van der Waals surface area contributed by atoms with Crippen LogP contribution in [0.1, 0.15) is 44.9 Å². The second-order valence-corrected chi connectivity index (χ2v) is 9.15. The number of nitrogens with zero attached hydrogens (tertiary/aromatic N) is 3. The number of benzene rings is 1. The van der Waals surface area contributed by atoms with Crippen molar-refractivity contribution in [3.05, 3.63) is 48.9 Å². The van der Waals surface area contributed by atoms with Gasteiger partial charge in [0.15, 0.2) is 0 Å². The Balaban J connectivity index is 1.22. The molecular formula is C25H33N5. The van der Waals surface area contributed by atoms with Gasteiger partial charge in [-0.3, -0.25) is 9.78 Å². The highest BCUT2D eigenvalue weighted by Crippen LogP contribution is 2.33. The first-order chi connectivity index (χ1) is 14.7. The van der Waals surface area contributed by atoms with E-state index in [9.17, 15) is 0 Å². The Kier molecular flexibility index (Phi) is 5.38. The molecule has 0 unspecified atom stereocenters. The van der Waals surface area contributed by atoms with Gasteiger partial charge in [0.05, 0.1) is 5.69 Å². The first-order valence-electron chi connectivity index (χ1n) is 11.5. The zero-order valence-electron chi connectivity index (χ0n) is 18.0. The van der Waals surface area contributed by atoms with E-state index in [0.717, 1.165) is 28.6 Å². The van der Waals surface area contributed by atoms with E-state index >= 15 is 0 Å². The number of hydrogen-bond acceptors (Lipinski definition) is 3. The lowest BCUT2D eigenvalue weighted by Crippen LogP contribution is -2.41. The van der Waals surface area contributed by atoms with Crippen LogP contribution in [0, 0.1) is 5.92 Å². The fraction of sp³-hybridized carbons (Fsp3) is 0.480. The van der Waals surface area contributed by atoms with Crippen LogP contribution in [0.4, 0.5) is 5.82 Å². The minimum absolute atomic E-state index is 0.551. The number of aryl methyl sites for hydroxylation is 1. The summed E-state index contributed by atoms with van der Waals surface area (Å²) in [6.45, 7) is 6.99. The van der Waals surface area contributed by atoms with E-state index in [4.69, 9.17) is 0 Å². The van der Waals surface area contributed by atoms with Crippen molar-refractivity contribution >= 4 is 16.6 Å². The summed E-state index contributed by atoms with van der Waals surface area (Å²) in [5, 5.41) is 9.17. The van der Waals surface area contributed by atoms with Gasteiger partial charge in [-0.2, -0.15) is 0 Å². The lowest BCUT2D eigenvalue weighted by molar-refractivity contribution is 0.120. The zero-order chi connectivity index (χ0) is 20.5. The van der Waals surface area contributed by atoms with Gasteiger partial charge >= 0.3 is 0 Å². The maximum Gasteiger partial charge on any atom is 0.130 e. The number of rotatable bonds is 5. The molecule has 0 atom stereocenters. The molecule has 0 bridgehead atoms. The Morgan fingerprint density at radius 1 is 1.07 bits per heavy atom. The average molecular weight is 404 g/mol. The van der Waals surface area contributed by atoms with Crippen molar-refractivity contribution in [3.63, 3.8) is 0 Å². The van der Waals surface area contributed by atoms with Crippen molar-refractivity contribution in [2.24, 2.45) is 13.0 Å². The first kappa shape index (κ1) is 19.4. The van der Waals surface area contributed by atoms with Crippen LogP contribution in [0.5, 0.6) is 0 Å². The summed E-state index contributed by atoms with van der Waals surface area (Å²) in [7, 11) is 2.00. The molecule has 2 aromatic heterocycles. The van der Waals surface area contributed by atoms with Crippen LogP contribution in [-0.2, 0) is 7.05 Å². The highest BCUT2D eigenvalue weighted by molar-refractivity contribution is 5.88. The quantitative estimate of drug-likeness (QED) is 0.588. The van der Waals surface area contributed by atoms with Crippen molar-refractivity contribution in [2.45, 2.75) is 51.0 Å². The lowest BCUT2D eigenvalue weighted by Gasteiger charge is -2.39. The molecule has 5 nitrogen and oxygen atoms in total. The lowest BCUT2D eigenvalue weighted by atomic mass is 9.83. The fourth-order valence-corrected chi connectivity index (χ4v) is 5.23. The number of anilines is 1. The molecule has 1 aliphatic carbocycles. The van der Waals surface area contributed by atoms with Crippen LogP contribution in [0.3, 0.4) is 0 Å². The number of pyridine rings is 1. The minimum atomic E-state index is 0.551. The number of allylic oxidation sites excluding steroid dienone is 1. The Morgan fingerprint density at radius 3 is 2.57 bits per heavy atom. The molecule has 1 aliphatic heterocycles. The van der Waals surface area contributed by atoms with E-state index < -0.39 is 0 Å².